The maximum atomic E-state index is 12.6. The number of hydrogen-bond donors (Lipinski definition) is 2. The van der Waals surface area contributed by atoms with Gasteiger partial charge in [-0.25, -0.2) is 8.42 Å². The molecule has 1 fully saturated rings. The summed E-state index contributed by atoms with van der Waals surface area (Å²) in [4.78, 5) is 12.4. The molecule has 11 heteroatoms. The molecule has 150 valence electrons. The molecule has 28 heavy (non-hydrogen) atoms. The molecule has 3 rings (SSSR count). The first kappa shape index (κ1) is 20.8. The first-order chi connectivity index (χ1) is 13.5. The summed E-state index contributed by atoms with van der Waals surface area (Å²) in [5.41, 5.74) is 0.455. The summed E-state index contributed by atoms with van der Waals surface area (Å²) < 4.78 is 27.4. The van der Waals surface area contributed by atoms with Gasteiger partial charge < -0.3 is 10.6 Å². The molecule has 1 amide bonds. The van der Waals surface area contributed by atoms with Crippen LogP contribution < -0.4 is 10.6 Å². The Morgan fingerprint density at radius 2 is 2.11 bits per heavy atom. The first-order valence-corrected chi connectivity index (χ1v) is 11.9. The molecule has 0 atom stereocenters. The number of hydrogen-bond acceptors (Lipinski definition) is 8. The monoisotopic (exact) mass is 439 g/mol. The zero-order valence-corrected chi connectivity index (χ0v) is 17.6. The second-order valence-corrected chi connectivity index (χ2v) is 10.2. The Bertz CT molecular complexity index is 939. The Balaban J connectivity index is 1.57. The van der Waals surface area contributed by atoms with Gasteiger partial charge in [0.1, 0.15) is 0 Å². The highest BCUT2D eigenvalue weighted by Crippen LogP contribution is 2.26. The predicted octanol–water partition coefficient (Wildman–Crippen LogP) is 2.65. The molecule has 0 aliphatic carbocycles. The van der Waals surface area contributed by atoms with Crippen molar-refractivity contribution >= 4 is 49.8 Å². The first-order valence-electron chi connectivity index (χ1n) is 8.70. The number of carbonyl (C=O) groups is 1. The molecular formula is C17H21N5O3S3. The highest BCUT2D eigenvalue weighted by atomic mass is 32.2. The molecule has 2 aromatic rings. The largest absolute Gasteiger partial charge is 0.357 e. The number of rotatable bonds is 9. The zero-order chi connectivity index (χ0) is 20.0. The second kappa shape index (κ2) is 9.50. The molecule has 1 aliphatic heterocycles. The SMILES string of the molecule is C=CCNc1nnc(SCC(=O)Nc2cccc(S(=O)(=O)N3CCCC3)c2)s1. The van der Waals surface area contributed by atoms with E-state index >= 15 is 0 Å². The van der Waals surface area contributed by atoms with E-state index in [0.717, 1.165) is 12.8 Å². The average Bonchev–Trinajstić information content (AvgIpc) is 3.37. The number of sulfonamides is 1. The van der Waals surface area contributed by atoms with Gasteiger partial charge in [-0.15, -0.1) is 16.8 Å². The quantitative estimate of drug-likeness (QED) is 0.457. The molecule has 0 saturated carbocycles. The van der Waals surface area contributed by atoms with Crippen molar-refractivity contribution in [3.8, 4) is 0 Å². The van der Waals surface area contributed by atoms with Crippen molar-refractivity contribution in [3.05, 3.63) is 36.9 Å². The molecule has 0 spiro atoms. The van der Waals surface area contributed by atoms with Crippen LogP contribution in [0.4, 0.5) is 10.8 Å². The van der Waals surface area contributed by atoms with E-state index in [0.29, 0.717) is 34.8 Å². The van der Waals surface area contributed by atoms with Crippen molar-refractivity contribution in [2.24, 2.45) is 0 Å². The predicted molar refractivity (Wildman–Crippen MR) is 112 cm³/mol. The van der Waals surface area contributed by atoms with E-state index in [4.69, 9.17) is 0 Å². The van der Waals surface area contributed by atoms with Gasteiger partial charge >= 0.3 is 0 Å². The van der Waals surface area contributed by atoms with Crippen molar-refractivity contribution in [3.63, 3.8) is 0 Å². The van der Waals surface area contributed by atoms with Crippen LogP contribution in [-0.2, 0) is 14.8 Å². The molecule has 1 aliphatic rings. The molecule has 1 aromatic carbocycles. The summed E-state index contributed by atoms with van der Waals surface area (Å²) in [6.07, 6.45) is 3.48. The molecule has 1 saturated heterocycles. The fourth-order valence-electron chi connectivity index (χ4n) is 2.64. The number of carbonyl (C=O) groups excluding carboxylic acids is 1. The minimum absolute atomic E-state index is 0.152. The number of benzene rings is 1. The van der Waals surface area contributed by atoms with E-state index in [9.17, 15) is 13.2 Å². The molecule has 2 heterocycles. The fraction of sp³-hybridized carbons (Fsp3) is 0.353. The Morgan fingerprint density at radius 3 is 2.86 bits per heavy atom. The molecule has 0 radical (unpaired) electrons. The molecule has 2 N–H and O–H groups in total. The summed E-state index contributed by atoms with van der Waals surface area (Å²) in [7, 11) is -3.51. The number of aromatic nitrogens is 2. The number of nitrogens with one attached hydrogen (secondary N) is 2. The van der Waals surface area contributed by atoms with Gasteiger partial charge in [0, 0.05) is 25.3 Å². The summed E-state index contributed by atoms with van der Waals surface area (Å²) >= 11 is 2.63. The van der Waals surface area contributed by atoms with E-state index < -0.39 is 10.0 Å². The van der Waals surface area contributed by atoms with Crippen LogP contribution in [0.3, 0.4) is 0 Å². The molecule has 0 unspecified atom stereocenters. The zero-order valence-electron chi connectivity index (χ0n) is 15.1. The maximum absolute atomic E-state index is 12.6. The summed E-state index contributed by atoms with van der Waals surface area (Å²) in [5.74, 6) is -0.0874. The Morgan fingerprint density at radius 1 is 1.32 bits per heavy atom. The summed E-state index contributed by atoms with van der Waals surface area (Å²) in [5, 5.41) is 14.4. The van der Waals surface area contributed by atoms with Crippen molar-refractivity contribution in [2.75, 3.05) is 36.0 Å². The minimum Gasteiger partial charge on any atom is -0.357 e. The highest BCUT2D eigenvalue weighted by molar-refractivity contribution is 8.01. The number of amides is 1. The van der Waals surface area contributed by atoms with Crippen LogP contribution in [0.1, 0.15) is 12.8 Å². The summed E-state index contributed by atoms with van der Waals surface area (Å²) in [6.45, 7) is 5.30. The summed E-state index contributed by atoms with van der Waals surface area (Å²) in [6, 6.07) is 6.36. The van der Waals surface area contributed by atoms with Gasteiger partial charge in [-0.2, -0.15) is 4.31 Å². The lowest BCUT2D eigenvalue weighted by Crippen LogP contribution is -2.28. The lowest BCUT2D eigenvalue weighted by molar-refractivity contribution is -0.113. The third kappa shape index (κ3) is 5.31. The highest BCUT2D eigenvalue weighted by Gasteiger charge is 2.27. The number of nitrogens with zero attached hydrogens (tertiary/aromatic N) is 3. The molecule has 0 bridgehead atoms. The van der Waals surface area contributed by atoms with Crippen LogP contribution in [-0.4, -0.2) is 54.2 Å². The minimum atomic E-state index is -3.51. The van der Waals surface area contributed by atoms with Gasteiger partial charge in [-0.3, -0.25) is 4.79 Å². The van der Waals surface area contributed by atoms with Gasteiger partial charge in [0.2, 0.25) is 21.1 Å². The lowest BCUT2D eigenvalue weighted by Gasteiger charge is -2.16. The van der Waals surface area contributed by atoms with Crippen molar-refractivity contribution in [1.29, 1.82) is 0 Å². The topological polar surface area (TPSA) is 104 Å². The van der Waals surface area contributed by atoms with E-state index in [-0.39, 0.29) is 16.6 Å². The van der Waals surface area contributed by atoms with E-state index in [1.165, 1.54) is 33.5 Å². The Hall–Kier alpha value is -1.95. The lowest BCUT2D eigenvalue weighted by atomic mass is 10.3. The normalized spacial score (nSPS) is 14.7. The van der Waals surface area contributed by atoms with Crippen LogP contribution in [0.25, 0.3) is 0 Å². The third-order valence-electron chi connectivity index (χ3n) is 3.95. The van der Waals surface area contributed by atoms with Gasteiger partial charge in [-0.05, 0) is 31.0 Å². The van der Waals surface area contributed by atoms with Gasteiger partial charge in [-0.1, -0.05) is 35.2 Å². The van der Waals surface area contributed by atoms with Crippen LogP contribution in [0, 0.1) is 0 Å². The third-order valence-corrected chi connectivity index (χ3v) is 7.86. The molecule has 8 nitrogen and oxygen atoms in total. The fourth-order valence-corrected chi connectivity index (χ4v) is 5.76. The van der Waals surface area contributed by atoms with Crippen LogP contribution in [0.2, 0.25) is 0 Å². The van der Waals surface area contributed by atoms with E-state index in [2.05, 4.69) is 27.4 Å². The van der Waals surface area contributed by atoms with Gasteiger partial charge in [0.05, 0.1) is 10.6 Å². The standard InChI is InChI=1S/C17H21N5O3S3/c1-2-8-18-16-20-21-17(27-16)26-12-15(23)19-13-6-5-7-14(11-13)28(24,25)22-9-3-4-10-22/h2,5-7,11H,1,3-4,8-10,12H2,(H,18,20)(H,19,23). The average molecular weight is 440 g/mol. The van der Waals surface area contributed by atoms with Crippen LogP contribution in [0.15, 0.2) is 46.2 Å². The van der Waals surface area contributed by atoms with Crippen molar-refractivity contribution in [2.45, 2.75) is 22.1 Å². The smallest absolute Gasteiger partial charge is 0.243 e. The second-order valence-electron chi connectivity index (χ2n) is 6.02. The van der Waals surface area contributed by atoms with Crippen LogP contribution >= 0.6 is 23.1 Å². The molecule has 1 aromatic heterocycles. The molecular weight excluding hydrogens is 418 g/mol. The van der Waals surface area contributed by atoms with E-state index in [1.54, 1.807) is 24.3 Å². The number of thioether (sulfide) groups is 1. The number of anilines is 2. The van der Waals surface area contributed by atoms with Crippen LogP contribution in [0.5, 0.6) is 0 Å². The van der Waals surface area contributed by atoms with Crippen molar-refractivity contribution < 1.29 is 13.2 Å². The Kier molecular flexibility index (Phi) is 7.05. The van der Waals surface area contributed by atoms with Gasteiger partial charge in [0.15, 0.2) is 4.34 Å². The Labute approximate surface area is 172 Å². The van der Waals surface area contributed by atoms with E-state index in [1.807, 2.05) is 0 Å². The van der Waals surface area contributed by atoms with Crippen molar-refractivity contribution in [1.82, 2.24) is 14.5 Å². The maximum Gasteiger partial charge on any atom is 0.243 e. The van der Waals surface area contributed by atoms with Gasteiger partial charge in [0.25, 0.3) is 0 Å².